The van der Waals surface area contributed by atoms with Crippen LogP contribution in [0.4, 0.5) is 5.95 Å². The summed E-state index contributed by atoms with van der Waals surface area (Å²) < 4.78 is 0. The largest absolute Gasteiger partial charge is 0.341 e. The quantitative estimate of drug-likeness (QED) is 0.829. The molecule has 1 aromatic heterocycles. The first-order valence-corrected chi connectivity index (χ1v) is 7.98. The first-order valence-electron chi connectivity index (χ1n) is 7.98. The van der Waals surface area contributed by atoms with Gasteiger partial charge >= 0.3 is 0 Å². The summed E-state index contributed by atoms with van der Waals surface area (Å²) in [6, 6.07) is 0. The van der Waals surface area contributed by atoms with Gasteiger partial charge < -0.3 is 9.80 Å². The molecule has 2 aliphatic rings. The van der Waals surface area contributed by atoms with Gasteiger partial charge in [-0.2, -0.15) is 0 Å². The second kappa shape index (κ2) is 6.08. The highest BCUT2D eigenvalue weighted by Crippen LogP contribution is 2.27. The molecular formula is C16H26N4. The zero-order chi connectivity index (χ0) is 13.9. The van der Waals surface area contributed by atoms with E-state index in [9.17, 15) is 0 Å². The normalized spacial score (nSPS) is 23.2. The number of anilines is 1. The maximum Gasteiger partial charge on any atom is 0.225 e. The highest BCUT2D eigenvalue weighted by atomic mass is 15.2. The lowest BCUT2D eigenvalue weighted by atomic mass is 9.91. The monoisotopic (exact) mass is 274 g/mol. The molecule has 3 heterocycles. The Kier molecular flexibility index (Phi) is 4.20. The lowest BCUT2D eigenvalue weighted by molar-refractivity contribution is 0.255. The molecule has 110 valence electrons. The third-order valence-electron chi connectivity index (χ3n) is 4.91. The number of hydrogen-bond acceptors (Lipinski definition) is 4. The van der Waals surface area contributed by atoms with Crippen molar-refractivity contribution in [3.05, 3.63) is 18.0 Å². The second-order valence-corrected chi connectivity index (χ2v) is 6.56. The molecule has 0 aromatic carbocycles. The predicted octanol–water partition coefficient (Wildman–Crippen LogP) is 2.52. The van der Waals surface area contributed by atoms with Gasteiger partial charge in [0.15, 0.2) is 0 Å². The van der Waals surface area contributed by atoms with Crippen LogP contribution in [-0.2, 0) is 0 Å². The van der Waals surface area contributed by atoms with Crippen LogP contribution in [0.5, 0.6) is 0 Å². The van der Waals surface area contributed by atoms with Crippen LogP contribution in [0.2, 0.25) is 0 Å². The molecule has 0 atom stereocenters. The minimum absolute atomic E-state index is 0.654. The van der Waals surface area contributed by atoms with Gasteiger partial charge in [-0.3, -0.25) is 0 Å². The van der Waals surface area contributed by atoms with E-state index in [2.05, 4.69) is 46.1 Å². The van der Waals surface area contributed by atoms with Gasteiger partial charge in [0.1, 0.15) is 0 Å². The van der Waals surface area contributed by atoms with Crippen molar-refractivity contribution in [3.8, 4) is 0 Å². The van der Waals surface area contributed by atoms with Crippen molar-refractivity contribution in [2.45, 2.75) is 38.5 Å². The molecule has 0 aliphatic carbocycles. The molecule has 4 heteroatoms. The number of rotatable bonds is 2. The molecule has 4 nitrogen and oxygen atoms in total. The topological polar surface area (TPSA) is 32.3 Å². The predicted molar refractivity (Wildman–Crippen MR) is 82.1 cm³/mol. The summed E-state index contributed by atoms with van der Waals surface area (Å²) in [6.07, 6.45) is 9.13. The van der Waals surface area contributed by atoms with Gasteiger partial charge in [0.2, 0.25) is 5.95 Å². The van der Waals surface area contributed by atoms with Crippen molar-refractivity contribution in [1.29, 1.82) is 0 Å². The lowest BCUT2D eigenvalue weighted by Gasteiger charge is -2.31. The van der Waals surface area contributed by atoms with Gasteiger partial charge in [-0.15, -0.1) is 0 Å². The smallest absolute Gasteiger partial charge is 0.225 e. The van der Waals surface area contributed by atoms with E-state index in [1.165, 1.54) is 44.3 Å². The van der Waals surface area contributed by atoms with Crippen LogP contribution < -0.4 is 4.90 Å². The maximum absolute atomic E-state index is 4.62. The molecule has 0 saturated carbocycles. The highest BCUT2D eigenvalue weighted by molar-refractivity contribution is 5.31. The zero-order valence-corrected chi connectivity index (χ0v) is 12.8. The van der Waals surface area contributed by atoms with Crippen LogP contribution in [0.1, 0.15) is 44.1 Å². The number of piperidine rings is 2. The summed E-state index contributed by atoms with van der Waals surface area (Å²) in [5, 5.41) is 0. The highest BCUT2D eigenvalue weighted by Gasteiger charge is 2.21. The molecule has 0 bridgehead atoms. The van der Waals surface area contributed by atoms with E-state index in [-0.39, 0.29) is 0 Å². The molecule has 0 N–H and O–H groups in total. The number of hydrogen-bond donors (Lipinski definition) is 0. The van der Waals surface area contributed by atoms with Crippen LogP contribution in [0.15, 0.2) is 12.4 Å². The van der Waals surface area contributed by atoms with Crippen molar-refractivity contribution < 1.29 is 0 Å². The Hall–Kier alpha value is -1.16. The number of aromatic nitrogens is 2. The number of likely N-dealkylation sites (tertiary alicyclic amines) is 1. The van der Waals surface area contributed by atoms with Gasteiger partial charge in [0, 0.05) is 25.5 Å². The summed E-state index contributed by atoms with van der Waals surface area (Å²) >= 11 is 0. The molecule has 20 heavy (non-hydrogen) atoms. The molecule has 0 spiro atoms. The van der Waals surface area contributed by atoms with Gasteiger partial charge in [-0.1, -0.05) is 6.92 Å². The van der Waals surface area contributed by atoms with Crippen LogP contribution in [-0.4, -0.2) is 48.1 Å². The average Bonchev–Trinajstić information content (AvgIpc) is 2.49. The minimum Gasteiger partial charge on any atom is -0.341 e. The second-order valence-electron chi connectivity index (χ2n) is 6.56. The van der Waals surface area contributed by atoms with Crippen molar-refractivity contribution in [3.63, 3.8) is 0 Å². The van der Waals surface area contributed by atoms with Gasteiger partial charge in [-0.25, -0.2) is 9.97 Å². The molecule has 2 aliphatic heterocycles. The Morgan fingerprint density at radius 2 is 1.55 bits per heavy atom. The first kappa shape index (κ1) is 13.8. The fourth-order valence-electron chi connectivity index (χ4n) is 3.26. The SMILES string of the molecule is CC1CCN(c2ncc(C3CCN(C)CC3)cn2)CC1. The summed E-state index contributed by atoms with van der Waals surface area (Å²) in [6.45, 7) is 6.93. The number of nitrogens with zero attached hydrogens (tertiary/aromatic N) is 4. The Balaban J connectivity index is 1.62. The molecule has 2 saturated heterocycles. The third kappa shape index (κ3) is 3.11. The van der Waals surface area contributed by atoms with Crippen LogP contribution in [0.25, 0.3) is 0 Å². The van der Waals surface area contributed by atoms with Gasteiger partial charge in [0.05, 0.1) is 0 Å². The first-order chi connectivity index (χ1) is 9.72. The molecule has 0 radical (unpaired) electrons. The van der Waals surface area contributed by atoms with E-state index in [1.54, 1.807) is 0 Å². The molecule has 2 fully saturated rings. The van der Waals surface area contributed by atoms with Crippen molar-refractivity contribution >= 4 is 5.95 Å². The zero-order valence-electron chi connectivity index (χ0n) is 12.8. The molecular weight excluding hydrogens is 248 g/mol. The van der Waals surface area contributed by atoms with Crippen LogP contribution in [0, 0.1) is 5.92 Å². The van der Waals surface area contributed by atoms with Crippen molar-refractivity contribution in [2.75, 3.05) is 38.1 Å². The van der Waals surface area contributed by atoms with E-state index in [0.29, 0.717) is 5.92 Å². The average molecular weight is 274 g/mol. The third-order valence-corrected chi connectivity index (χ3v) is 4.91. The van der Waals surface area contributed by atoms with Gasteiger partial charge in [-0.05, 0) is 63.2 Å². The van der Waals surface area contributed by atoms with E-state index in [1.807, 2.05) is 0 Å². The molecule has 0 amide bonds. The van der Waals surface area contributed by atoms with Gasteiger partial charge in [0.25, 0.3) is 0 Å². The summed E-state index contributed by atoms with van der Waals surface area (Å²) in [4.78, 5) is 14.0. The summed E-state index contributed by atoms with van der Waals surface area (Å²) in [7, 11) is 2.20. The lowest BCUT2D eigenvalue weighted by Crippen LogP contribution is -2.34. The van der Waals surface area contributed by atoms with Crippen LogP contribution in [0.3, 0.4) is 0 Å². The molecule has 0 unspecified atom stereocenters. The fraction of sp³-hybridized carbons (Fsp3) is 0.750. The summed E-state index contributed by atoms with van der Waals surface area (Å²) in [5.74, 6) is 2.43. The van der Waals surface area contributed by atoms with E-state index in [4.69, 9.17) is 0 Å². The molecule has 1 aromatic rings. The standard InChI is InChI=1S/C16H26N4/c1-13-3-9-20(10-4-13)16-17-11-15(12-18-16)14-5-7-19(2)8-6-14/h11-14H,3-10H2,1-2H3. The van der Waals surface area contributed by atoms with Crippen molar-refractivity contribution in [2.24, 2.45) is 5.92 Å². The van der Waals surface area contributed by atoms with E-state index < -0.39 is 0 Å². The van der Waals surface area contributed by atoms with E-state index in [0.717, 1.165) is 25.0 Å². The maximum atomic E-state index is 4.62. The Labute approximate surface area is 122 Å². The fourth-order valence-corrected chi connectivity index (χ4v) is 3.26. The van der Waals surface area contributed by atoms with Crippen LogP contribution >= 0.6 is 0 Å². The Morgan fingerprint density at radius 1 is 0.950 bits per heavy atom. The molecule has 3 rings (SSSR count). The minimum atomic E-state index is 0.654. The summed E-state index contributed by atoms with van der Waals surface area (Å²) in [5.41, 5.74) is 1.33. The Morgan fingerprint density at radius 3 is 2.15 bits per heavy atom. The van der Waals surface area contributed by atoms with Crippen molar-refractivity contribution in [1.82, 2.24) is 14.9 Å². The van der Waals surface area contributed by atoms with E-state index >= 15 is 0 Å². The Bertz CT molecular complexity index is 374.